The van der Waals surface area contributed by atoms with E-state index in [9.17, 15) is 0 Å². The van der Waals surface area contributed by atoms with E-state index in [0.29, 0.717) is 6.04 Å². The largest absolute Gasteiger partial charge is 0.380 e. The van der Waals surface area contributed by atoms with Crippen molar-refractivity contribution in [1.82, 2.24) is 5.32 Å². The zero-order valence-electron chi connectivity index (χ0n) is 14.2. The number of ether oxygens (including phenoxy) is 1. The minimum atomic E-state index is 0.264. The number of hydrogen-bond donors (Lipinski definition) is 1. The summed E-state index contributed by atoms with van der Waals surface area (Å²) in [5.41, 5.74) is 0.264. The molecule has 1 N–H and O–H groups in total. The summed E-state index contributed by atoms with van der Waals surface area (Å²) in [4.78, 5) is 0. The number of nitrogens with one attached hydrogen (secondary N) is 1. The van der Waals surface area contributed by atoms with Crippen molar-refractivity contribution in [3.8, 4) is 0 Å². The van der Waals surface area contributed by atoms with Crippen LogP contribution in [0.5, 0.6) is 0 Å². The first-order valence-corrected chi connectivity index (χ1v) is 8.26. The first-order chi connectivity index (χ1) is 8.95. The average Bonchev–Trinajstić information content (AvgIpc) is 2.35. The summed E-state index contributed by atoms with van der Waals surface area (Å²) >= 11 is 0. The molecule has 0 aromatic rings. The molecule has 2 heteroatoms. The zero-order valence-corrected chi connectivity index (χ0v) is 14.2. The molecular weight excluding hydrogens is 234 g/mol. The molecule has 116 valence electrons. The van der Waals surface area contributed by atoms with Gasteiger partial charge in [0.1, 0.15) is 0 Å². The molecule has 19 heavy (non-hydrogen) atoms. The normalized spacial score (nSPS) is 15.5. The molecule has 0 aliphatic rings. The van der Waals surface area contributed by atoms with Gasteiger partial charge < -0.3 is 10.1 Å². The maximum atomic E-state index is 6.01. The maximum Gasteiger partial charge on any atom is 0.0624 e. The molecule has 0 aliphatic heterocycles. The molecule has 0 rings (SSSR count). The summed E-state index contributed by atoms with van der Waals surface area (Å²) in [7, 11) is 0. The van der Waals surface area contributed by atoms with Gasteiger partial charge in [-0.1, -0.05) is 60.8 Å². The average molecular weight is 271 g/mol. The van der Waals surface area contributed by atoms with Crippen molar-refractivity contribution in [2.45, 2.75) is 79.7 Å². The summed E-state index contributed by atoms with van der Waals surface area (Å²) < 4.78 is 6.01. The van der Waals surface area contributed by atoms with Gasteiger partial charge in [0.25, 0.3) is 0 Å². The van der Waals surface area contributed by atoms with Gasteiger partial charge in [-0.2, -0.15) is 0 Å². The molecule has 0 aliphatic carbocycles. The van der Waals surface area contributed by atoms with Crippen LogP contribution >= 0.6 is 0 Å². The fourth-order valence-electron chi connectivity index (χ4n) is 2.18. The minimum Gasteiger partial charge on any atom is -0.380 e. The fraction of sp³-hybridized carbons (Fsp3) is 1.00. The SMILES string of the molecule is CCCCC(CC)COCC(NCCC)C(C)(C)C. The summed E-state index contributed by atoms with van der Waals surface area (Å²) in [6.45, 7) is 16.5. The molecule has 0 spiro atoms. The zero-order chi connectivity index (χ0) is 14.7. The lowest BCUT2D eigenvalue weighted by atomic mass is 9.87. The molecule has 0 bridgehead atoms. The number of rotatable bonds is 11. The summed E-state index contributed by atoms with van der Waals surface area (Å²) in [6.07, 6.45) is 6.36. The van der Waals surface area contributed by atoms with Crippen molar-refractivity contribution in [3.05, 3.63) is 0 Å². The lowest BCUT2D eigenvalue weighted by molar-refractivity contribution is 0.0504. The van der Waals surface area contributed by atoms with E-state index in [1.54, 1.807) is 0 Å². The Labute approximate surface area is 121 Å². The molecule has 0 fully saturated rings. The molecule has 0 aromatic carbocycles. The fourth-order valence-corrected chi connectivity index (χ4v) is 2.18. The highest BCUT2D eigenvalue weighted by atomic mass is 16.5. The topological polar surface area (TPSA) is 21.3 Å². The van der Waals surface area contributed by atoms with Crippen molar-refractivity contribution < 1.29 is 4.74 Å². The Morgan fingerprint density at radius 1 is 1.00 bits per heavy atom. The van der Waals surface area contributed by atoms with Crippen LogP contribution in [-0.2, 0) is 4.74 Å². The van der Waals surface area contributed by atoms with Crippen LogP contribution in [0.15, 0.2) is 0 Å². The molecule has 0 amide bonds. The Morgan fingerprint density at radius 2 is 1.68 bits per heavy atom. The summed E-state index contributed by atoms with van der Waals surface area (Å²) in [6, 6.07) is 0.455. The van der Waals surface area contributed by atoms with Gasteiger partial charge in [0.2, 0.25) is 0 Å². The molecule has 0 saturated heterocycles. The first kappa shape index (κ1) is 18.9. The third-order valence-corrected chi connectivity index (χ3v) is 3.87. The summed E-state index contributed by atoms with van der Waals surface area (Å²) in [5.74, 6) is 0.742. The number of hydrogen-bond acceptors (Lipinski definition) is 2. The van der Waals surface area contributed by atoms with E-state index in [2.05, 4.69) is 46.9 Å². The molecule has 0 aromatic heterocycles. The van der Waals surface area contributed by atoms with Crippen LogP contribution in [0, 0.1) is 11.3 Å². The molecular formula is C17H37NO. The maximum absolute atomic E-state index is 6.01. The van der Waals surface area contributed by atoms with Crippen molar-refractivity contribution in [2.75, 3.05) is 19.8 Å². The van der Waals surface area contributed by atoms with E-state index in [1.165, 1.54) is 32.1 Å². The van der Waals surface area contributed by atoms with Crippen LogP contribution in [0.3, 0.4) is 0 Å². The van der Waals surface area contributed by atoms with E-state index in [1.807, 2.05) is 0 Å². The van der Waals surface area contributed by atoms with E-state index in [0.717, 1.165) is 25.7 Å². The van der Waals surface area contributed by atoms with Crippen LogP contribution in [0.4, 0.5) is 0 Å². The van der Waals surface area contributed by atoms with E-state index >= 15 is 0 Å². The minimum absolute atomic E-state index is 0.264. The van der Waals surface area contributed by atoms with Crippen LogP contribution < -0.4 is 5.32 Å². The molecule has 2 atom stereocenters. The first-order valence-electron chi connectivity index (χ1n) is 8.26. The van der Waals surface area contributed by atoms with Gasteiger partial charge in [-0.05, 0) is 30.7 Å². The van der Waals surface area contributed by atoms with E-state index in [-0.39, 0.29) is 5.41 Å². The van der Waals surface area contributed by atoms with Gasteiger partial charge in [0.15, 0.2) is 0 Å². The van der Waals surface area contributed by atoms with Crippen LogP contribution in [0.25, 0.3) is 0 Å². The number of unbranched alkanes of at least 4 members (excludes halogenated alkanes) is 1. The van der Waals surface area contributed by atoms with Gasteiger partial charge in [-0.3, -0.25) is 0 Å². The molecule has 0 radical (unpaired) electrons. The lowest BCUT2D eigenvalue weighted by Gasteiger charge is -2.32. The Hall–Kier alpha value is -0.0800. The quantitative estimate of drug-likeness (QED) is 0.591. The standard InChI is InChI=1S/C17H37NO/c1-7-10-11-15(9-3)13-19-14-16(17(4,5)6)18-12-8-2/h15-16,18H,7-14H2,1-6H3. The van der Waals surface area contributed by atoms with Gasteiger partial charge >= 0.3 is 0 Å². The third-order valence-electron chi connectivity index (χ3n) is 3.87. The van der Waals surface area contributed by atoms with Crippen molar-refractivity contribution >= 4 is 0 Å². The highest BCUT2D eigenvalue weighted by molar-refractivity contribution is 4.80. The summed E-state index contributed by atoms with van der Waals surface area (Å²) in [5, 5.41) is 3.62. The third kappa shape index (κ3) is 9.45. The second kappa shape index (κ2) is 10.7. The highest BCUT2D eigenvalue weighted by Crippen LogP contribution is 2.20. The second-order valence-corrected chi connectivity index (χ2v) is 6.83. The lowest BCUT2D eigenvalue weighted by Crippen LogP contribution is -2.44. The van der Waals surface area contributed by atoms with Crippen LogP contribution in [0.2, 0.25) is 0 Å². The van der Waals surface area contributed by atoms with Gasteiger partial charge in [0.05, 0.1) is 6.61 Å². The Morgan fingerprint density at radius 3 is 2.16 bits per heavy atom. The van der Waals surface area contributed by atoms with Crippen molar-refractivity contribution in [2.24, 2.45) is 11.3 Å². The van der Waals surface area contributed by atoms with Crippen molar-refractivity contribution in [3.63, 3.8) is 0 Å². The molecule has 2 unspecified atom stereocenters. The van der Waals surface area contributed by atoms with Gasteiger partial charge in [-0.25, -0.2) is 0 Å². The van der Waals surface area contributed by atoms with Crippen LogP contribution in [0.1, 0.15) is 73.6 Å². The Balaban J connectivity index is 4.02. The Bertz CT molecular complexity index is 198. The predicted molar refractivity (Wildman–Crippen MR) is 85.7 cm³/mol. The van der Waals surface area contributed by atoms with E-state index < -0.39 is 0 Å². The molecule has 0 heterocycles. The molecule has 0 saturated carbocycles. The second-order valence-electron chi connectivity index (χ2n) is 6.83. The molecule has 2 nitrogen and oxygen atoms in total. The smallest absolute Gasteiger partial charge is 0.0624 e. The monoisotopic (exact) mass is 271 g/mol. The van der Waals surface area contributed by atoms with Gasteiger partial charge in [-0.15, -0.1) is 0 Å². The van der Waals surface area contributed by atoms with E-state index in [4.69, 9.17) is 4.74 Å². The predicted octanol–water partition coefficient (Wildman–Crippen LogP) is 4.63. The van der Waals surface area contributed by atoms with Crippen molar-refractivity contribution in [1.29, 1.82) is 0 Å². The Kier molecular flexibility index (Phi) is 10.6. The van der Waals surface area contributed by atoms with Gasteiger partial charge in [0, 0.05) is 12.6 Å². The highest BCUT2D eigenvalue weighted by Gasteiger charge is 2.24. The van der Waals surface area contributed by atoms with Crippen LogP contribution in [-0.4, -0.2) is 25.8 Å².